The number of hydrogen-bond acceptors (Lipinski definition) is 5. The third kappa shape index (κ3) is 2.99. The second-order valence-corrected chi connectivity index (χ2v) is 4.75. The van der Waals surface area contributed by atoms with Crippen LogP contribution in [0.25, 0.3) is 0 Å². The molecule has 8 nitrogen and oxygen atoms in total. The normalized spacial score (nSPS) is 12.3. The molecule has 1 unspecified atom stereocenters. The van der Waals surface area contributed by atoms with E-state index in [0.29, 0.717) is 18.8 Å². The lowest BCUT2D eigenvalue weighted by molar-refractivity contribution is 0.637. The zero-order valence-electron chi connectivity index (χ0n) is 12.1. The topological polar surface area (TPSA) is 122 Å². The van der Waals surface area contributed by atoms with Gasteiger partial charge in [0.25, 0.3) is 5.56 Å². The van der Waals surface area contributed by atoms with Crippen LogP contribution in [-0.4, -0.2) is 19.5 Å². The van der Waals surface area contributed by atoms with Crippen LogP contribution < -0.4 is 22.3 Å². The molecule has 2 aromatic rings. The molecule has 114 valence electrons. The van der Waals surface area contributed by atoms with Gasteiger partial charge in [0, 0.05) is 18.9 Å². The number of imidazole rings is 1. The van der Waals surface area contributed by atoms with Crippen molar-refractivity contribution in [3.8, 4) is 0 Å². The number of nitrogens with zero attached hydrogens (tertiary/aromatic N) is 2. The van der Waals surface area contributed by atoms with E-state index in [1.807, 2.05) is 13.8 Å². The number of H-pyrrole nitrogens is 2. The summed E-state index contributed by atoms with van der Waals surface area (Å²) >= 11 is 0. The van der Waals surface area contributed by atoms with Gasteiger partial charge in [0.15, 0.2) is 0 Å². The predicted octanol–water partition coefficient (Wildman–Crippen LogP) is 0.815. The zero-order valence-corrected chi connectivity index (χ0v) is 12.1. The van der Waals surface area contributed by atoms with Gasteiger partial charge < -0.3 is 16.0 Å². The molecular weight excluding hydrogens is 272 g/mol. The van der Waals surface area contributed by atoms with Crippen LogP contribution in [0.15, 0.2) is 22.0 Å². The van der Waals surface area contributed by atoms with Gasteiger partial charge in [-0.2, -0.15) is 0 Å². The Morgan fingerprint density at radius 1 is 1.43 bits per heavy atom. The van der Waals surface area contributed by atoms with E-state index in [9.17, 15) is 9.59 Å². The van der Waals surface area contributed by atoms with Crippen molar-refractivity contribution >= 4 is 11.5 Å². The molecule has 2 heterocycles. The molecule has 1 atom stereocenters. The van der Waals surface area contributed by atoms with Crippen LogP contribution in [0.1, 0.15) is 38.6 Å². The van der Waals surface area contributed by atoms with Gasteiger partial charge in [-0.1, -0.05) is 13.8 Å². The minimum Gasteiger partial charge on any atom is -0.383 e. The van der Waals surface area contributed by atoms with Crippen molar-refractivity contribution in [3.05, 3.63) is 39.1 Å². The molecule has 8 heteroatoms. The summed E-state index contributed by atoms with van der Waals surface area (Å²) in [6.45, 7) is 4.35. The molecule has 2 rings (SSSR count). The summed E-state index contributed by atoms with van der Waals surface area (Å²) in [6, 6.07) is -0.184. The second-order valence-electron chi connectivity index (χ2n) is 4.75. The van der Waals surface area contributed by atoms with Gasteiger partial charge >= 0.3 is 5.69 Å². The highest BCUT2D eigenvalue weighted by Crippen LogP contribution is 2.20. The van der Waals surface area contributed by atoms with E-state index < -0.39 is 11.2 Å². The Hall–Kier alpha value is -2.51. The Morgan fingerprint density at radius 3 is 2.76 bits per heavy atom. The Morgan fingerprint density at radius 2 is 2.19 bits per heavy atom. The molecule has 0 bridgehead atoms. The Bertz CT molecular complexity index is 700. The molecule has 0 saturated heterocycles. The predicted molar refractivity (Wildman–Crippen MR) is 81.3 cm³/mol. The Labute approximate surface area is 121 Å². The van der Waals surface area contributed by atoms with E-state index in [1.54, 1.807) is 12.4 Å². The van der Waals surface area contributed by atoms with Crippen molar-refractivity contribution in [1.82, 2.24) is 19.5 Å². The van der Waals surface area contributed by atoms with Crippen LogP contribution in [-0.2, 0) is 6.54 Å². The molecule has 0 aliphatic rings. The first-order valence-corrected chi connectivity index (χ1v) is 6.96. The molecule has 5 N–H and O–H groups in total. The molecule has 0 aliphatic heterocycles. The van der Waals surface area contributed by atoms with Crippen molar-refractivity contribution in [2.45, 2.75) is 39.3 Å². The van der Waals surface area contributed by atoms with Crippen LogP contribution in [0.4, 0.5) is 11.5 Å². The third-order valence-electron chi connectivity index (χ3n) is 3.26. The monoisotopic (exact) mass is 292 g/mol. The maximum Gasteiger partial charge on any atom is 0.330 e. The van der Waals surface area contributed by atoms with E-state index in [4.69, 9.17) is 5.73 Å². The Balaban J connectivity index is 2.42. The van der Waals surface area contributed by atoms with E-state index in [1.165, 1.54) is 4.57 Å². The summed E-state index contributed by atoms with van der Waals surface area (Å²) in [5, 5.41) is 3.07. The van der Waals surface area contributed by atoms with Crippen molar-refractivity contribution in [1.29, 1.82) is 0 Å². The first kappa shape index (κ1) is 14.9. The molecule has 0 fully saturated rings. The van der Waals surface area contributed by atoms with Gasteiger partial charge in [-0.3, -0.25) is 14.3 Å². The van der Waals surface area contributed by atoms with Crippen LogP contribution in [0, 0.1) is 0 Å². The van der Waals surface area contributed by atoms with E-state index in [-0.39, 0.29) is 17.5 Å². The summed E-state index contributed by atoms with van der Waals surface area (Å²) in [5.74, 6) is 0.861. The summed E-state index contributed by atoms with van der Waals surface area (Å²) in [6.07, 6.45) is 4.81. The molecule has 0 aromatic carbocycles. The van der Waals surface area contributed by atoms with E-state index in [0.717, 1.165) is 6.42 Å². The van der Waals surface area contributed by atoms with Crippen molar-refractivity contribution in [3.63, 3.8) is 0 Å². The molecule has 0 amide bonds. The number of aromatic amines is 2. The number of nitrogen functional groups attached to an aromatic ring is 1. The summed E-state index contributed by atoms with van der Waals surface area (Å²) in [7, 11) is 0. The number of aromatic nitrogens is 4. The largest absolute Gasteiger partial charge is 0.383 e. The van der Waals surface area contributed by atoms with Crippen molar-refractivity contribution in [2.24, 2.45) is 0 Å². The molecule has 21 heavy (non-hydrogen) atoms. The lowest BCUT2D eigenvalue weighted by Gasteiger charge is -2.18. The second kappa shape index (κ2) is 6.29. The highest BCUT2D eigenvalue weighted by molar-refractivity contribution is 5.61. The summed E-state index contributed by atoms with van der Waals surface area (Å²) in [4.78, 5) is 33.2. The fourth-order valence-electron chi connectivity index (χ4n) is 2.18. The zero-order chi connectivity index (χ0) is 15.4. The van der Waals surface area contributed by atoms with Crippen molar-refractivity contribution in [2.75, 3.05) is 11.1 Å². The first-order valence-electron chi connectivity index (χ1n) is 6.96. The van der Waals surface area contributed by atoms with Crippen molar-refractivity contribution < 1.29 is 0 Å². The maximum atomic E-state index is 12.0. The fourth-order valence-corrected chi connectivity index (χ4v) is 2.18. The van der Waals surface area contributed by atoms with Gasteiger partial charge in [-0.05, 0) is 12.8 Å². The van der Waals surface area contributed by atoms with Crippen LogP contribution in [0.2, 0.25) is 0 Å². The number of rotatable bonds is 6. The highest BCUT2D eigenvalue weighted by atomic mass is 16.2. The minimum absolute atomic E-state index is 0.149. The lowest BCUT2D eigenvalue weighted by atomic mass is 10.2. The molecule has 0 spiro atoms. The summed E-state index contributed by atoms with van der Waals surface area (Å²) < 4.78 is 1.36. The Kier molecular flexibility index (Phi) is 4.46. The maximum absolute atomic E-state index is 12.0. The molecule has 0 radical (unpaired) electrons. The standard InChI is InChI=1S/C13H20N6O2/c1-3-7-19-10(14)9(12(20)18-13(19)21)17-8(4-2)11-15-5-6-16-11/h5-6,8,17H,3-4,7,14H2,1-2H3,(H,15,16)(H,18,20,21). The smallest absolute Gasteiger partial charge is 0.330 e. The average molecular weight is 292 g/mol. The van der Waals surface area contributed by atoms with Gasteiger partial charge in [0.2, 0.25) is 0 Å². The van der Waals surface area contributed by atoms with Crippen LogP contribution in [0.3, 0.4) is 0 Å². The van der Waals surface area contributed by atoms with Gasteiger partial charge in [-0.25, -0.2) is 9.78 Å². The van der Waals surface area contributed by atoms with Gasteiger partial charge in [-0.15, -0.1) is 0 Å². The fraction of sp³-hybridized carbons (Fsp3) is 0.462. The SMILES string of the molecule is CCCn1c(N)c(NC(CC)c2ncc[nH]2)c(=O)[nH]c1=O. The van der Waals surface area contributed by atoms with Gasteiger partial charge in [0.1, 0.15) is 17.3 Å². The molecule has 2 aromatic heterocycles. The molecular formula is C13H20N6O2. The van der Waals surface area contributed by atoms with Crippen LogP contribution >= 0.6 is 0 Å². The lowest BCUT2D eigenvalue weighted by Crippen LogP contribution is -2.34. The first-order chi connectivity index (χ1) is 10.1. The highest BCUT2D eigenvalue weighted by Gasteiger charge is 2.17. The number of nitrogens with two attached hydrogens (primary N) is 1. The number of anilines is 2. The average Bonchev–Trinajstić information content (AvgIpc) is 2.97. The number of nitrogens with one attached hydrogen (secondary N) is 3. The van der Waals surface area contributed by atoms with E-state index >= 15 is 0 Å². The van der Waals surface area contributed by atoms with Crippen LogP contribution in [0.5, 0.6) is 0 Å². The molecule has 0 aliphatic carbocycles. The summed E-state index contributed by atoms with van der Waals surface area (Å²) in [5.41, 5.74) is 5.17. The quantitative estimate of drug-likeness (QED) is 0.628. The third-order valence-corrected chi connectivity index (χ3v) is 3.26. The minimum atomic E-state index is -0.519. The van der Waals surface area contributed by atoms with Gasteiger partial charge in [0.05, 0.1) is 6.04 Å². The van der Waals surface area contributed by atoms with E-state index in [2.05, 4.69) is 20.3 Å². The number of hydrogen-bond donors (Lipinski definition) is 4. The molecule has 0 saturated carbocycles.